The minimum atomic E-state index is 0.749. The second kappa shape index (κ2) is 5.49. The molecule has 0 heterocycles. The Kier molecular flexibility index (Phi) is 4.00. The molecule has 1 aliphatic rings. The molecule has 0 aliphatic heterocycles. The molecule has 0 spiro atoms. The Morgan fingerprint density at radius 3 is 2.25 bits per heavy atom. The van der Waals surface area contributed by atoms with E-state index in [0.717, 1.165) is 18.5 Å². The van der Waals surface area contributed by atoms with Crippen LogP contribution in [-0.4, -0.2) is 6.04 Å². The van der Waals surface area contributed by atoms with Gasteiger partial charge in [-0.2, -0.15) is 0 Å². The summed E-state index contributed by atoms with van der Waals surface area (Å²) in [6, 6.07) is 9.87. The van der Waals surface area contributed by atoms with E-state index in [-0.39, 0.29) is 0 Å². The zero-order chi connectivity index (χ0) is 11.4. The van der Waals surface area contributed by atoms with Crippen LogP contribution in [0.15, 0.2) is 24.3 Å². The van der Waals surface area contributed by atoms with Gasteiger partial charge < -0.3 is 5.32 Å². The molecule has 0 bridgehead atoms. The van der Waals surface area contributed by atoms with Gasteiger partial charge in [-0.3, -0.25) is 0 Å². The Morgan fingerprint density at radius 1 is 1.12 bits per heavy atom. The van der Waals surface area contributed by atoms with E-state index in [1.54, 1.807) is 0 Å². The number of benzene rings is 1. The summed E-state index contributed by atoms with van der Waals surface area (Å²) in [5.41, 5.74) is 2.88. The monoisotopic (exact) mass is 217 g/mol. The van der Waals surface area contributed by atoms with Gasteiger partial charge in [0.2, 0.25) is 0 Å². The van der Waals surface area contributed by atoms with Crippen molar-refractivity contribution in [2.75, 3.05) is 0 Å². The van der Waals surface area contributed by atoms with E-state index in [0.29, 0.717) is 0 Å². The van der Waals surface area contributed by atoms with Gasteiger partial charge in [0.05, 0.1) is 0 Å². The van der Waals surface area contributed by atoms with Crippen molar-refractivity contribution in [3.63, 3.8) is 0 Å². The molecule has 88 valence electrons. The van der Waals surface area contributed by atoms with Gasteiger partial charge in [0.25, 0.3) is 0 Å². The lowest BCUT2D eigenvalue weighted by atomic mass is 9.93. The first-order valence-electron chi connectivity index (χ1n) is 6.55. The predicted octanol–water partition coefficient (Wildman–Crippen LogP) is 3.53. The summed E-state index contributed by atoms with van der Waals surface area (Å²) in [5.74, 6) is 0.749. The SMILES string of the molecule is CC(C)Cc1ccc(CNC2CCC2)cc1. The van der Waals surface area contributed by atoms with Gasteiger partial charge in [-0.15, -0.1) is 0 Å². The summed E-state index contributed by atoms with van der Waals surface area (Å²) >= 11 is 0. The molecule has 1 heteroatoms. The van der Waals surface area contributed by atoms with E-state index < -0.39 is 0 Å². The van der Waals surface area contributed by atoms with Gasteiger partial charge >= 0.3 is 0 Å². The normalized spacial score (nSPS) is 16.4. The average molecular weight is 217 g/mol. The van der Waals surface area contributed by atoms with E-state index in [1.807, 2.05) is 0 Å². The van der Waals surface area contributed by atoms with Crippen LogP contribution in [0.1, 0.15) is 44.2 Å². The Bertz CT molecular complexity index is 309. The molecule has 0 unspecified atom stereocenters. The van der Waals surface area contributed by atoms with Crippen LogP contribution in [0.3, 0.4) is 0 Å². The molecule has 1 N–H and O–H groups in total. The van der Waals surface area contributed by atoms with Crippen LogP contribution >= 0.6 is 0 Å². The van der Waals surface area contributed by atoms with Gasteiger partial charge in [-0.1, -0.05) is 44.5 Å². The van der Waals surface area contributed by atoms with Crippen molar-refractivity contribution in [1.29, 1.82) is 0 Å². The summed E-state index contributed by atoms with van der Waals surface area (Å²) in [4.78, 5) is 0. The topological polar surface area (TPSA) is 12.0 Å². The highest BCUT2D eigenvalue weighted by atomic mass is 14.9. The van der Waals surface area contributed by atoms with Crippen LogP contribution in [0.25, 0.3) is 0 Å². The number of hydrogen-bond donors (Lipinski definition) is 1. The summed E-state index contributed by atoms with van der Waals surface area (Å²) in [6.07, 6.45) is 5.33. The Morgan fingerprint density at radius 2 is 1.75 bits per heavy atom. The van der Waals surface area contributed by atoms with E-state index in [1.165, 1.54) is 36.8 Å². The lowest BCUT2D eigenvalue weighted by molar-refractivity contribution is 0.338. The lowest BCUT2D eigenvalue weighted by Gasteiger charge is -2.26. The molecule has 1 aliphatic carbocycles. The van der Waals surface area contributed by atoms with Crippen LogP contribution in [0.4, 0.5) is 0 Å². The highest BCUT2D eigenvalue weighted by molar-refractivity contribution is 5.22. The Hall–Kier alpha value is -0.820. The van der Waals surface area contributed by atoms with Gasteiger partial charge in [0.15, 0.2) is 0 Å². The van der Waals surface area contributed by atoms with Gasteiger partial charge in [-0.05, 0) is 36.3 Å². The molecule has 0 radical (unpaired) electrons. The molecule has 0 aromatic heterocycles. The zero-order valence-corrected chi connectivity index (χ0v) is 10.5. The van der Waals surface area contributed by atoms with Crippen molar-refractivity contribution < 1.29 is 0 Å². The molecule has 1 fully saturated rings. The molecule has 16 heavy (non-hydrogen) atoms. The lowest BCUT2D eigenvalue weighted by Crippen LogP contribution is -2.34. The molecule has 1 nitrogen and oxygen atoms in total. The molecule has 1 aromatic carbocycles. The number of nitrogens with one attached hydrogen (secondary N) is 1. The Balaban J connectivity index is 1.81. The maximum Gasteiger partial charge on any atom is 0.0208 e. The van der Waals surface area contributed by atoms with Crippen LogP contribution in [0, 0.1) is 5.92 Å². The third-order valence-electron chi connectivity index (χ3n) is 3.37. The third-order valence-corrected chi connectivity index (χ3v) is 3.37. The van der Waals surface area contributed by atoms with Crippen LogP contribution in [-0.2, 0) is 13.0 Å². The summed E-state index contributed by atoms with van der Waals surface area (Å²) in [5, 5.41) is 3.60. The van der Waals surface area contributed by atoms with Crippen molar-refractivity contribution in [2.45, 2.75) is 52.1 Å². The minimum absolute atomic E-state index is 0.749. The van der Waals surface area contributed by atoms with E-state index in [9.17, 15) is 0 Å². The van der Waals surface area contributed by atoms with E-state index >= 15 is 0 Å². The standard InChI is InChI=1S/C15H23N/c1-12(2)10-13-6-8-14(9-7-13)11-16-15-4-3-5-15/h6-9,12,15-16H,3-5,10-11H2,1-2H3. The summed E-state index contributed by atoms with van der Waals surface area (Å²) in [7, 11) is 0. The first-order valence-corrected chi connectivity index (χ1v) is 6.55. The van der Waals surface area contributed by atoms with Crippen LogP contribution in [0.5, 0.6) is 0 Å². The smallest absolute Gasteiger partial charge is 0.0208 e. The molecule has 2 rings (SSSR count). The zero-order valence-electron chi connectivity index (χ0n) is 10.5. The van der Waals surface area contributed by atoms with Crippen LogP contribution < -0.4 is 5.32 Å². The van der Waals surface area contributed by atoms with Crippen LogP contribution in [0.2, 0.25) is 0 Å². The van der Waals surface area contributed by atoms with Gasteiger partial charge in [-0.25, -0.2) is 0 Å². The van der Waals surface area contributed by atoms with E-state index in [2.05, 4.69) is 43.4 Å². The van der Waals surface area contributed by atoms with Crippen molar-refractivity contribution >= 4 is 0 Å². The molecular weight excluding hydrogens is 194 g/mol. The van der Waals surface area contributed by atoms with Crippen molar-refractivity contribution in [3.05, 3.63) is 35.4 Å². The molecule has 0 amide bonds. The molecule has 1 aromatic rings. The van der Waals surface area contributed by atoms with Crippen molar-refractivity contribution in [1.82, 2.24) is 5.32 Å². The first kappa shape index (κ1) is 11.7. The maximum absolute atomic E-state index is 3.60. The number of hydrogen-bond acceptors (Lipinski definition) is 1. The second-order valence-corrected chi connectivity index (χ2v) is 5.42. The predicted molar refractivity (Wildman–Crippen MR) is 69.5 cm³/mol. The fraction of sp³-hybridized carbons (Fsp3) is 0.600. The Labute approximate surface area is 99.3 Å². The summed E-state index contributed by atoms with van der Waals surface area (Å²) < 4.78 is 0. The molecule has 1 saturated carbocycles. The maximum atomic E-state index is 3.60. The first-order chi connectivity index (χ1) is 7.74. The minimum Gasteiger partial charge on any atom is -0.310 e. The van der Waals surface area contributed by atoms with E-state index in [4.69, 9.17) is 0 Å². The number of rotatable bonds is 5. The molecule has 0 saturated heterocycles. The summed E-state index contributed by atoms with van der Waals surface area (Å²) in [6.45, 7) is 5.57. The molecular formula is C15H23N. The fourth-order valence-corrected chi connectivity index (χ4v) is 2.14. The highest BCUT2D eigenvalue weighted by Gasteiger charge is 2.15. The quantitative estimate of drug-likeness (QED) is 0.795. The highest BCUT2D eigenvalue weighted by Crippen LogP contribution is 2.18. The average Bonchev–Trinajstić information content (AvgIpc) is 2.17. The second-order valence-electron chi connectivity index (χ2n) is 5.42. The fourth-order valence-electron chi connectivity index (χ4n) is 2.14. The third kappa shape index (κ3) is 3.34. The van der Waals surface area contributed by atoms with Crippen molar-refractivity contribution in [2.24, 2.45) is 5.92 Å². The largest absolute Gasteiger partial charge is 0.310 e. The van der Waals surface area contributed by atoms with Gasteiger partial charge in [0.1, 0.15) is 0 Å². The van der Waals surface area contributed by atoms with Gasteiger partial charge in [0, 0.05) is 12.6 Å². The molecule has 0 atom stereocenters. The van der Waals surface area contributed by atoms with Crippen molar-refractivity contribution in [3.8, 4) is 0 Å².